The smallest absolute Gasteiger partial charge is 0.217 e. The number of nitrogens with zero attached hydrogens (tertiary/aromatic N) is 1. The zero-order valence-corrected chi connectivity index (χ0v) is 10.7. The second-order valence-corrected chi connectivity index (χ2v) is 4.53. The number of pyridine rings is 1. The molecular weight excluding hydrogens is 270 g/mol. The van der Waals surface area contributed by atoms with Crippen LogP contribution in [0.3, 0.4) is 0 Å². The van der Waals surface area contributed by atoms with E-state index in [1.807, 2.05) is 12.3 Å². The molecule has 0 aromatic carbocycles. The zero-order valence-electron chi connectivity index (χ0n) is 9.08. The molecule has 3 N–H and O–H groups in total. The van der Waals surface area contributed by atoms with Gasteiger partial charge in [-0.3, -0.25) is 9.78 Å². The van der Waals surface area contributed by atoms with Crippen LogP contribution in [0.4, 0.5) is 0 Å². The molecule has 88 valence electrons. The van der Waals surface area contributed by atoms with Crippen LogP contribution in [-0.2, 0) is 11.3 Å². The molecule has 0 atom stereocenters. The molecule has 4 nitrogen and oxygen atoms in total. The van der Waals surface area contributed by atoms with Crippen LogP contribution in [0.15, 0.2) is 22.9 Å². The van der Waals surface area contributed by atoms with E-state index in [4.69, 9.17) is 5.73 Å². The van der Waals surface area contributed by atoms with Crippen molar-refractivity contribution in [1.29, 1.82) is 0 Å². The van der Waals surface area contributed by atoms with Gasteiger partial charge in [0, 0.05) is 29.8 Å². The topological polar surface area (TPSA) is 68.0 Å². The maximum absolute atomic E-state index is 10.5. The Bertz CT molecular complexity index is 344. The molecule has 0 aliphatic heterocycles. The highest BCUT2D eigenvalue weighted by Gasteiger charge is 1.96. The number of primary amides is 1. The highest BCUT2D eigenvalue weighted by molar-refractivity contribution is 9.10. The maximum Gasteiger partial charge on any atom is 0.217 e. The summed E-state index contributed by atoms with van der Waals surface area (Å²) in [7, 11) is 0. The lowest BCUT2D eigenvalue weighted by molar-refractivity contribution is -0.118. The first-order chi connectivity index (χ1) is 7.68. The van der Waals surface area contributed by atoms with Crippen LogP contribution in [0.2, 0.25) is 0 Å². The van der Waals surface area contributed by atoms with Crippen molar-refractivity contribution in [2.24, 2.45) is 5.73 Å². The lowest BCUT2D eigenvalue weighted by Crippen LogP contribution is -2.16. The minimum Gasteiger partial charge on any atom is -0.370 e. The molecule has 5 heteroatoms. The first-order valence-corrected chi connectivity index (χ1v) is 6.06. The van der Waals surface area contributed by atoms with E-state index in [1.54, 1.807) is 6.20 Å². The number of carbonyl (C=O) groups excluding carboxylic acids is 1. The summed E-state index contributed by atoms with van der Waals surface area (Å²) in [6, 6.07) is 2.03. The van der Waals surface area contributed by atoms with Gasteiger partial charge in [-0.2, -0.15) is 0 Å². The number of nitrogens with one attached hydrogen (secondary N) is 1. The van der Waals surface area contributed by atoms with Crippen LogP contribution < -0.4 is 11.1 Å². The first-order valence-electron chi connectivity index (χ1n) is 5.27. The van der Waals surface area contributed by atoms with E-state index in [0.29, 0.717) is 6.42 Å². The SMILES string of the molecule is NC(=O)CCCCNCc1cncc(Br)c1. The average molecular weight is 286 g/mol. The van der Waals surface area contributed by atoms with Crippen molar-refractivity contribution in [2.75, 3.05) is 6.54 Å². The highest BCUT2D eigenvalue weighted by atomic mass is 79.9. The molecule has 0 fully saturated rings. The molecule has 0 aliphatic carbocycles. The second kappa shape index (κ2) is 7.35. The molecule has 0 unspecified atom stereocenters. The summed E-state index contributed by atoms with van der Waals surface area (Å²) in [5.74, 6) is -0.226. The fourth-order valence-corrected chi connectivity index (χ4v) is 1.75. The van der Waals surface area contributed by atoms with Crippen LogP contribution in [-0.4, -0.2) is 17.4 Å². The van der Waals surface area contributed by atoms with Gasteiger partial charge >= 0.3 is 0 Å². The van der Waals surface area contributed by atoms with Crippen molar-refractivity contribution in [3.05, 3.63) is 28.5 Å². The number of unbranched alkanes of at least 4 members (excludes halogenated alkanes) is 1. The van der Waals surface area contributed by atoms with Gasteiger partial charge in [-0.1, -0.05) is 0 Å². The third-order valence-corrected chi connectivity index (χ3v) is 2.55. The summed E-state index contributed by atoms with van der Waals surface area (Å²) in [6.07, 6.45) is 5.88. The third kappa shape index (κ3) is 5.82. The van der Waals surface area contributed by atoms with E-state index in [1.165, 1.54) is 0 Å². The Morgan fingerprint density at radius 1 is 1.44 bits per heavy atom. The average Bonchev–Trinajstić information content (AvgIpc) is 2.23. The molecule has 1 aromatic heterocycles. The summed E-state index contributed by atoms with van der Waals surface area (Å²) in [6.45, 7) is 1.68. The Labute approximate surface area is 104 Å². The summed E-state index contributed by atoms with van der Waals surface area (Å²) < 4.78 is 0.987. The number of aromatic nitrogens is 1. The molecule has 16 heavy (non-hydrogen) atoms. The molecule has 0 saturated carbocycles. The first kappa shape index (κ1) is 13.1. The monoisotopic (exact) mass is 285 g/mol. The number of amides is 1. The van der Waals surface area contributed by atoms with Crippen LogP contribution in [0, 0.1) is 0 Å². The maximum atomic E-state index is 10.5. The summed E-state index contributed by atoms with van der Waals surface area (Å²) in [4.78, 5) is 14.6. The molecule has 1 aromatic rings. The zero-order chi connectivity index (χ0) is 11.8. The summed E-state index contributed by atoms with van der Waals surface area (Å²) in [5, 5.41) is 3.29. The minimum atomic E-state index is -0.226. The largest absolute Gasteiger partial charge is 0.370 e. The van der Waals surface area contributed by atoms with E-state index >= 15 is 0 Å². The molecule has 1 rings (SSSR count). The van der Waals surface area contributed by atoms with Crippen LogP contribution in [0.25, 0.3) is 0 Å². The van der Waals surface area contributed by atoms with Gasteiger partial charge in [-0.25, -0.2) is 0 Å². The van der Waals surface area contributed by atoms with Gasteiger partial charge in [0.25, 0.3) is 0 Å². The number of hydrogen-bond acceptors (Lipinski definition) is 3. The quantitative estimate of drug-likeness (QED) is 0.748. The van der Waals surface area contributed by atoms with Crippen molar-refractivity contribution >= 4 is 21.8 Å². The lowest BCUT2D eigenvalue weighted by atomic mass is 10.2. The van der Waals surface area contributed by atoms with Crippen LogP contribution in [0.1, 0.15) is 24.8 Å². The number of halogens is 1. The second-order valence-electron chi connectivity index (χ2n) is 3.61. The van der Waals surface area contributed by atoms with Crippen molar-refractivity contribution in [1.82, 2.24) is 10.3 Å². The van der Waals surface area contributed by atoms with E-state index < -0.39 is 0 Å². The highest BCUT2D eigenvalue weighted by Crippen LogP contribution is 2.09. The fraction of sp³-hybridized carbons (Fsp3) is 0.455. The minimum absolute atomic E-state index is 0.226. The number of nitrogens with two attached hydrogens (primary N) is 1. The Balaban J connectivity index is 2.09. The molecule has 0 bridgehead atoms. The molecule has 0 spiro atoms. The molecule has 0 saturated heterocycles. The number of hydrogen-bond donors (Lipinski definition) is 2. The Hall–Kier alpha value is -0.940. The predicted octanol–water partition coefficient (Wildman–Crippen LogP) is 1.59. The van der Waals surface area contributed by atoms with Gasteiger partial charge in [0.05, 0.1) is 0 Å². The van der Waals surface area contributed by atoms with E-state index in [2.05, 4.69) is 26.2 Å². The normalized spacial score (nSPS) is 10.3. The van der Waals surface area contributed by atoms with Gasteiger partial charge in [0.1, 0.15) is 0 Å². The molecular formula is C11H16BrN3O. The van der Waals surface area contributed by atoms with Gasteiger partial charge in [-0.15, -0.1) is 0 Å². The van der Waals surface area contributed by atoms with Crippen LogP contribution in [0.5, 0.6) is 0 Å². The summed E-state index contributed by atoms with van der Waals surface area (Å²) >= 11 is 3.37. The third-order valence-electron chi connectivity index (χ3n) is 2.12. The summed E-state index contributed by atoms with van der Waals surface area (Å²) in [5.41, 5.74) is 6.18. The van der Waals surface area contributed by atoms with Gasteiger partial charge in [0.15, 0.2) is 0 Å². The van der Waals surface area contributed by atoms with E-state index in [9.17, 15) is 4.79 Å². The van der Waals surface area contributed by atoms with Gasteiger partial charge < -0.3 is 11.1 Å². The number of carbonyl (C=O) groups is 1. The standard InChI is InChI=1S/C11H16BrN3O/c12-10-5-9(7-15-8-10)6-14-4-2-1-3-11(13)16/h5,7-8,14H,1-4,6H2,(H2,13,16). The fourth-order valence-electron chi connectivity index (χ4n) is 1.33. The van der Waals surface area contributed by atoms with E-state index in [0.717, 1.165) is 36.0 Å². The lowest BCUT2D eigenvalue weighted by Gasteiger charge is -2.04. The number of rotatable bonds is 7. The van der Waals surface area contributed by atoms with Crippen molar-refractivity contribution in [2.45, 2.75) is 25.8 Å². The van der Waals surface area contributed by atoms with E-state index in [-0.39, 0.29) is 5.91 Å². The molecule has 0 radical (unpaired) electrons. The Kier molecular flexibility index (Phi) is 6.03. The van der Waals surface area contributed by atoms with Gasteiger partial charge in [-0.05, 0) is 46.9 Å². The predicted molar refractivity (Wildman–Crippen MR) is 66.7 cm³/mol. The van der Waals surface area contributed by atoms with Crippen molar-refractivity contribution in [3.63, 3.8) is 0 Å². The van der Waals surface area contributed by atoms with Crippen LogP contribution >= 0.6 is 15.9 Å². The molecule has 0 aliphatic rings. The van der Waals surface area contributed by atoms with Gasteiger partial charge in [0.2, 0.25) is 5.91 Å². The Morgan fingerprint density at radius 2 is 2.25 bits per heavy atom. The molecule has 1 amide bonds. The van der Waals surface area contributed by atoms with Crippen molar-refractivity contribution < 1.29 is 4.79 Å². The van der Waals surface area contributed by atoms with Crippen molar-refractivity contribution in [3.8, 4) is 0 Å². The Morgan fingerprint density at radius 3 is 2.94 bits per heavy atom. The molecule has 1 heterocycles.